The largest absolute Gasteiger partial charge is 0.394 e. The molecular weight excluding hydrogens is 756 g/mol. The minimum absolute atomic E-state index is 0.0136. The van der Waals surface area contributed by atoms with Crippen molar-refractivity contribution in [1.82, 2.24) is 28.5 Å². The highest BCUT2D eigenvalue weighted by molar-refractivity contribution is 9.09. The van der Waals surface area contributed by atoms with Gasteiger partial charge in [-0.15, -0.1) is 12.8 Å². The number of alkyl halides is 3. The number of halogens is 3. The zero-order chi connectivity index (χ0) is 38.1. The third-order valence-electron chi connectivity index (χ3n) is 7.85. The highest BCUT2D eigenvalue weighted by Gasteiger charge is 2.51. The number of aromatic nitrogens is 6. The van der Waals surface area contributed by atoms with Crippen LogP contribution in [0, 0.1) is 24.7 Å². The molecule has 2 fully saturated rings. The van der Waals surface area contributed by atoms with E-state index < -0.39 is 91.1 Å². The first-order valence-corrected chi connectivity index (χ1v) is 15.6. The normalized spacial score (nSPS) is 26.5. The first-order chi connectivity index (χ1) is 24.1. The number of carbonyl (C=O) groups excluding carboxylic acids is 1. The summed E-state index contributed by atoms with van der Waals surface area (Å²) in [6.45, 7) is -1.67. The van der Waals surface area contributed by atoms with Crippen molar-refractivity contribution in [3.63, 3.8) is 0 Å². The van der Waals surface area contributed by atoms with Gasteiger partial charge in [0.25, 0.3) is 11.1 Å². The lowest BCUT2D eigenvalue weighted by Crippen LogP contribution is -2.46. The van der Waals surface area contributed by atoms with E-state index in [0.717, 1.165) is 14.0 Å². The number of hydrogen-bond donors (Lipinski definition) is 8. The molecule has 12 N–H and O–H groups in total. The number of ether oxygens (including phenoxy) is 2. The molecular formula is C27H32BrF2N11O10. The molecule has 3 aromatic heterocycles. The quantitative estimate of drug-likeness (QED) is 0.0680. The topological polar surface area (TPSA) is 320 Å². The van der Waals surface area contributed by atoms with Gasteiger partial charge in [-0.2, -0.15) is 19.3 Å². The molecule has 6 heterocycles. The second kappa shape index (κ2) is 15.4. The van der Waals surface area contributed by atoms with E-state index in [0.29, 0.717) is 14.7 Å². The molecule has 51 heavy (non-hydrogen) atoms. The number of aliphatic hydroxyl groups excluding tert-OH is 4. The monoisotopic (exact) mass is 787 g/mol. The second-order valence-electron chi connectivity index (χ2n) is 10.9. The highest BCUT2D eigenvalue weighted by atomic mass is 79.9. The molecule has 3 aromatic rings. The van der Waals surface area contributed by atoms with Gasteiger partial charge in [-0.3, -0.25) is 23.9 Å². The molecule has 0 aliphatic carbocycles. The number of amides is 1. The number of nitrogen functional groups attached to an aromatic ring is 4. The van der Waals surface area contributed by atoms with Crippen molar-refractivity contribution in [2.24, 2.45) is 0 Å². The average molecular weight is 789 g/mol. The number of terminal acetylenes is 2. The Balaban J connectivity index is 0.000000208. The van der Waals surface area contributed by atoms with Crippen LogP contribution >= 0.6 is 15.9 Å². The van der Waals surface area contributed by atoms with Gasteiger partial charge in [-0.25, -0.2) is 18.1 Å². The van der Waals surface area contributed by atoms with Crippen molar-refractivity contribution in [2.75, 3.05) is 46.6 Å². The van der Waals surface area contributed by atoms with Gasteiger partial charge >= 0.3 is 5.69 Å². The molecule has 276 valence electrons. The predicted octanol–water partition coefficient (Wildman–Crippen LogP) is -5.26. The van der Waals surface area contributed by atoms with E-state index in [1.165, 1.54) is 0 Å². The Morgan fingerprint density at radius 1 is 0.882 bits per heavy atom. The number of anilines is 3. The Morgan fingerprint density at radius 3 is 1.90 bits per heavy atom. The molecule has 3 aliphatic rings. The van der Waals surface area contributed by atoms with Gasteiger partial charge in [0.05, 0.1) is 37.1 Å². The number of carbonyl (C=O) groups is 1. The van der Waals surface area contributed by atoms with E-state index in [-0.39, 0.29) is 41.5 Å². The first kappa shape index (κ1) is 38.7. The van der Waals surface area contributed by atoms with Gasteiger partial charge < -0.3 is 53.1 Å². The Morgan fingerprint density at radius 2 is 1.39 bits per heavy atom. The summed E-state index contributed by atoms with van der Waals surface area (Å²) in [5, 5.41) is 38.7. The summed E-state index contributed by atoms with van der Waals surface area (Å²) < 4.78 is 41.0. The molecule has 0 bridgehead atoms. The summed E-state index contributed by atoms with van der Waals surface area (Å²) in [6.07, 6.45) is -3.19. The summed E-state index contributed by atoms with van der Waals surface area (Å²) in [5.41, 5.74) is 8.07. The van der Waals surface area contributed by atoms with Crippen LogP contribution in [0.3, 0.4) is 0 Å². The van der Waals surface area contributed by atoms with Crippen LogP contribution in [0.2, 0.25) is 0 Å². The Bertz CT molecular complexity index is 2080. The number of rotatable bonds is 5. The minimum atomic E-state index is -1.94. The summed E-state index contributed by atoms with van der Waals surface area (Å²) in [4.78, 5) is 57.7. The molecule has 24 heteroatoms. The lowest BCUT2D eigenvalue weighted by atomic mass is 10.1. The molecule has 3 aliphatic heterocycles. The lowest BCUT2D eigenvalue weighted by Gasteiger charge is -2.25. The number of nitrogens with zero attached hydrogens (tertiary/aromatic N) is 7. The van der Waals surface area contributed by atoms with E-state index >= 15 is 0 Å². The standard InChI is InChI=1S/C13H15FN6O5.C11H14FN5O5.C3H3Br/c1-2-3-18-7-9(17-12(15)20(16)10(7)23)19(13(18)24)11-8(22)6(14)5(4-21)25-11;12-6-4(2-18)22-10(7(6)20)16-5(19)1-3-8(16)15-11(13)17(14)9(3)21;1-2-3-4/h1,5-6,8,11,21-22H,3-4,16H2,(H2,15,17);4,6-7,10,18,20H,1-2,14H2,(H2,13,15);1H,3H2/t5-,6+,8-,11-;4-,6+,7-,10-;/m11./s1. The number of aliphatic hydroxyl groups is 4. The van der Waals surface area contributed by atoms with Gasteiger partial charge in [-0.1, -0.05) is 27.8 Å². The third-order valence-corrected chi connectivity index (χ3v) is 8.17. The SMILES string of the molecule is C#CCBr.C#CCn1c(=O)n([C@@H]2O[C@H](CO)[C@H](F)[C@H]2O)c2nc(N)n(N)c(=O)c21.Nc1nc2c(c(=O)n1N)CC(=O)N2[C@@H]1O[C@H](CO)[C@H](F)[C@H]1O. The van der Waals surface area contributed by atoms with Gasteiger partial charge in [0.2, 0.25) is 17.8 Å². The van der Waals surface area contributed by atoms with Crippen LogP contribution in [-0.4, -0.2) is 116 Å². The molecule has 6 rings (SSSR count). The van der Waals surface area contributed by atoms with Crippen molar-refractivity contribution in [3.8, 4) is 24.7 Å². The van der Waals surface area contributed by atoms with E-state index in [1.54, 1.807) is 0 Å². The zero-order valence-corrected chi connectivity index (χ0v) is 27.7. The van der Waals surface area contributed by atoms with Gasteiger partial charge in [-0.05, 0) is 0 Å². The molecule has 1 amide bonds. The first-order valence-electron chi connectivity index (χ1n) is 14.5. The number of imidazole rings is 1. The van der Waals surface area contributed by atoms with E-state index in [4.69, 9.17) is 55.7 Å². The Labute approximate surface area is 292 Å². The third kappa shape index (κ3) is 6.73. The van der Waals surface area contributed by atoms with Crippen LogP contribution in [0.25, 0.3) is 11.2 Å². The predicted molar refractivity (Wildman–Crippen MR) is 177 cm³/mol. The molecule has 2 saturated heterocycles. The summed E-state index contributed by atoms with van der Waals surface area (Å²) in [5.74, 6) is 14.0. The van der Waals surface area contributed by atoms with Crippen LogP contribution in [0.1, 0.15) is 11.8 Å². The van der Waals surface area contributed by atoms with Crippen LogP contribution in [0.5, 0.6) is 0 Å². The van der Waals surface area contributed by atoms with Crippen LogP contribution in [0.4, 0.5) is 26.5 Å². The van der Waals surface area contributed by atoms with E-state index in [1.807, 2.05) is 0 Å². The maximum atomic E-state index is 14.0. The van der Waals surface area contributed by atoms with Crippen molar-refractivity contribution in [2.45, 2.75) is 62.2 Å². The number of fused-ring (bicyclic) bond motifs is 2. The van der Waals surface area contributed by atoms with Crippen LogP contribution in [0.15, 0.2) is 14.4 Å². The second-order valence-corrected chi connectivity index (χ2v) is 11.4. The van der Waals surface area contributed by atoms with E-state index in [2.05, 4.69) is 37.7 Å². The molecule has 0 radical (unpaired) electrons. The highest BCUT2D eigenvalue weighted by Crippen LogP contribution is 2.34. The fourth-order valence-electron chi connectivity index (χ4n) is 5.40. The number of hydrogen-bond acceptors (Lipinski definition) is 16. The average Bonchev–Trinajstić information content (AvgIpc) is 3.78. The molecule has 0 unspecified atom stereocenters. The Kier molecular flexibility index (Phi) is 11.7. The Hall–Kier alpha value is -5.08. The maximum Gasteiger partial charge on any atom is 0.333 e. The van der Waals surface area contributed by atoms with Crippen molar-refractivity contribution < 1.29 is 43.5 Å². The van der Waals surface area contributed by atoms with Gasteiger partial charge in [0.15, 0.2) is 41.8 Å². The molecule has 0 aromatic carbocycles. The van der Waals surface area contributed by atoms with Crippen molar-refractivity contribution in [1.29, 1.82) is 0 Å². The maximum absolute atomic E-state index is 14.0. The van der Waals surface area contributed by atoms with E-state index in [9.17, 15) is 38.2 Å². The summed E-state index contributed by atoms with van der Waals surface area (Å²) >= 11 is 3.01. The molecule has 21 nitrogen and oxygen atoms in total. The zero-order valence-electron chi connectivity index (χ0n) is 26.1. The minimum Gasteiger partial charge on any atom is -0.394 e. The van der Waals surface area contributed by atoms with Crippen LogP contribution < -0.4 is 44.9 Å². The summed E-state index contributed by atoms with van der Waals surface area (Å²) in [6, 6.07) is 0. The molecule has 0 spiro atoms. The number of nitrogens with two attached hydrogens (primary N) is 4. The van der Waals surface area contributed by atoms with Crippen molar-refractivity contribution >= 4 is 50.7 Å². The van der Waals surface area contributed by atoms with Gasteiger partial charge in [0, 0.05) is 0 Å². The molecule has 0 saturated carbocycles. The summed E-state index contributed by atoms with van der Waals surface area (Å²) in [7, 11) is 0. The molecule has 8 atom stereocenters. The lowest BCUT2D eigenvalue weighted by molar-refractivity contribution is -0.121. The van der Waals surface area contributed by atoms with Crippen LogP contribution in [-0.2, 0) is 27.2 Å². The van der Waals surface area contributed by atoms with Crippen molar-refractivity contribution in [3.05, 3.63) is 36.8 Å². The fraction of sp³-hybridized carbons (Fsp3) is 0.481. The fourth-order valence-corrected chi connectivity index (χ4v) is 5.40. The smallest absolute Gasteiger partial charge is 0.333 e. The van der Waals surface area contributed by atoms with Gasteiger partial charge in [0.1, 0.15) is 24.4 Å².